The lowest BCUT2D eigenvalue weighted by molar-refractivity contribution is 0.439. The Balaban J connectivity index is 2.74. The zero-order valence-corrected chi connectivity index (χ0v) is 11.6. The van der Waals surface area contributed by atoms with Crippen molar-refractivity contribution in [2.24, 2.45) is 0 Å². The average Bonchev–Trinajstić information content (AvgIpc) is 2.22. The van der Waals surface area contributed by atoms with Crippen molar-refractivity contribution in [1.29, 1.82) is 0 Å². The first-order valence-corrected chi connectivity index (χ1v) is 5.98. The molecule has 0 saturated carbocycles. The predicted molar refractivity (Wildman–Crippen MR) is 73.2 cm³/mol. The summed E-state index contributed by atoms with van der Waals surface area (Å²) in [5.74, 6) is 0. The smallest absolute Gasteiger partial charge is 0.308 e. The van der Waals surface area contributed by atoms with Crippen molar-refractivity contribution in [3.8, 4) is 0 Å². The van der Waals surface area contributed by atoms with Gasteiger partial charge in [0.15, 0.2) is 0 Å². The van der Waals surface area contributed by atoms with E-state index in [0.717, 1.165) is 5.57 Å². The molecule has 0 spiro atoms. The minimum Gasteiger partial charge on any atom is -0.308 e. The Morgan fingerprint density at radius 3 is 2.67 bits per heavy atom. The maximum atomic E-state index is 11.5. The SMILES string of the molecule is C=C(CNC(C)(C)C)Cn1cc(Cl)c(=O)[nH]c1=O. The molecule has 0 aliphatic carbocycles. The van der Waals surface area contributed by atoms with Crippen molar-refractivity contribution in [1.82, 2.24) is 14.9 Å². The normalized spacial score (nSPS) is 11.6. The van der Waals surface area contributed by atoms with E-state index in [9.17, 15) is 9.59 Å². The molecule has 1 aromatic heterocycles. The van der Waals surface area contributed by atoms with Gasteiger partial charge in [0.05, 0.1) is 0 Å². The van der Waals surface area contributed by atoms with E-state index in [-0.39, 0.29) is 10.6 Å². The van der Waals surface area contributed by atoms with Crippen LogP contribution in [0, 0.1) is 0 Å². The fraction of sp³-hybridized carbons (Fsp3) is 0.500. The second kappa shape index (κ2) is 5.54. The number of H-pyrrole nitrogens is 1. The Hall–Kier alpha value is -1.33. The third-order valence-electron chi connectivity index (χ3n) is 2.23. The Kier molecular flexibility index (Phi) is 4.53. The summed E-state index contributed by atoms with van der Waals surface area (Å²) < 4.78 is 1.33. The van der Waals surface area contributed by atoms with Crippen LogP contribution in [0.25, 0.3) is 0 Å². The van der Waals surface area contributed by atoms with Crippen molar-refractivity contribution in [2.75, 3.05) is 6.54 Å². The van der Waals surface area contributed by atoms with Crippen LogP contribution in [0.5, 0.6) is 0 Å². The first kappa shape index (κ1) is 14.7. The van der Waals surface area contributed by atoms with Crippen LogP contribution in [-0.2, 0) is 6.54 Å². The number of aromatic nitrogens is 2. The fourth-order valence-corrected chi connectivity index (χ4v) is 1.45. The molecule has 6 heteroatoms. The van der Waals surface area contributed by atoms with Crippen LogP contribution in [0.3, 0.4) is 0 Å². The quantitative estimate of drug-likeness (QED) is 0.807. The molecule has 1 rings (SSSR count). The van der Waals surface area contributed by atoms with E-state index >= 15 is 0 Å². The summed E-state index contributed by atoms with van der Waals surface area (Å²) in [4.78, 5) is 24.8. The number of aromatic amines is 1. The Morgan fingerprint density at radius 1 is 1.50 bits per heavy atom. The van der Waals surface area contributed by atoms with Gasteiger partial charge >= 0.3 is 5.69 Å². The number of hydrogen-bond acceptors (Lipinski definition) is 3. The highest BCUT2D eigenvalue weighted by molar-refractivity contribution is 6.30. The van der Waals surface area contributed by atoms with Gasteiger partial charge in [-0.15, -0.1) is 0 Å². The van der Waals surface area contributed by atoms with E-state index in [2.05, 4.69) is 16.9 Å². The monoisotopic (exact) mass is 271 g/mol. The third kappa shape index (κ3) is 4.50. The lowest BCUT2D eigenvalue weighted by Gasteiger charge is -2.21. The topological polar surface area (TPSA) is 66.9 Å². The molecule has 0 radical (unpaired) electrons. The predicted octanol–water partition coefficient (Wildman–Crippen LogP) is 1.13. The minimum absolute atomic E-state index is 0.00817. The van der Waals surface area contributed by atoms with Crippen LogP contribution in [-0.4, -0.2) is 21.6 Å². The van der Waals surface area contributed by atoms with E-state index in [1.165, 1.54) is 10.8 Å². The second-order valence-corrected chi connectivity index (χ2v) is 5.62. The lowest BCUT2D eigenvalue weighted by atomic mass is 10.1. The Bertz CT molecular complexity index is 552. The maximum absolute atomic E-state index is 11.5. The molecule has 0 atom stereocenters. The van der Waals surface area contributed by atoms with Crippen molar-refractivity contribution in [3.63, 3.8) is 0 Å². The molecule has 0 bridgehead atoms. The molecule has 0 unspecified atom stereocenters. The number of nitrogens with zero attached hydrogens (tertiary/aromatic N) is 1. The van der Waals surface area contributed by atoms with Gasteiger partial charge in [-0.2, -0.15) is 0 Å². The number of rotatable bonds is 4. The third-order valence-corrected chi connectivity index (χ3v) is 2.50. The first-order chi connectivity index (χ1) is 8.19. The van der Waals surface area contributed by atoms with E-state index in [0.29, 0.717) is 13.1 Å². The molecule has 0 aliphatic heterocycles. The number of hydrogen-bond donors (Lipinski definition) is 2. The van der Waals surface area contributed by atoms with Crippen LogP contribution >= 0.6 is 11.6 Å². The molecule has 1 aromatic rings. The highest BCUT2D eigenvalue weighted by Crippen LogP contribution is 2.02. The van der Waals surface area contributed by atoms with Crippen molar-refractivity contribution >= 4 is 11.6 Å². The van der Waals surface area contributed by atoms with Gasteiger partial charge in [0, 0.05) is 24.8 Å². The van der Waals surface area contributed by atoms with E-state index < -0.39 is 11.2 Å². The number of nitrogens with one attached hydrogen (secondary N) is 2. The zero-order valence-electron chi connectivity index (χ0n) is 10.8. The highest BCUT2D eigenvalue weighted by Gasteiger charge is 2.09. The fourth-order valence-electron chi connectivity index (χ4n) is 1.29. The largest absolute Gasteiger partial charge is 0.328 e. The van der Waals surface area contributed by atoms with Crippen LogP contribution in [0.1, 0.15) is 20.8 Å². The van der Waals surface area contributed by atoms with E-state index in [1.54, 1.807) is 0 Å². The summed E-state index contributed by atoms with van der Waals surface area (Å²) in [7, 11) is 0. The molecule has 0 aliphatic rings. The second-order valence-electron chi connectivity index (χ2n) is 5.22. The summed E-state index contributed by atoms with van der Waals surface area (Å²) >= 11 is 5.67. The Labute approximate surface area is 110 Å². The summed E-state index contributed by atoms with van der Waals surface area (Å²) in [6.45, 7) is 10.9. The van der Waals surface area contributed by atoms with Crippen molar-refractivity contribution in [2.45, 2.75) is 32.9 Å². The molecule has 18 heavy (non-hydrogen) atoms. The summed E-state index contributed by atoms with van der Waals surface area (Å²) in [6.07, 6.45) is 1.32. The van der Waals surface area contributed by atoms with Gasteiger partial charge < -0.3 is 5.32 Å². The van der Waals surface area contributed by atoms with Crippen LogP contribution in [0.4, 0.5) is 0 Å². The highest BCUT2D eigenvalue weighted by atomic mass is 35.5. The van der Waals surface area contributed by atoms with Gasteiger partial charge in [-0.25, -0.2) is 4.79 Å². The lowest BCUT2D eigenvalue weighted by Crippen LogP contribution is -2.38. The first-order valence-electron chi connectivity index (χ1n) is 5.60. The van der Waals surface area contributed by atoms with Gasteiger partial charge in [-0.3, -0.25) is 14.3 Å². The van der Waals surface area contributed by atoms with Crippen molar-refractivity contribution in [3.05, 3.63) is 44.2 Å². The summed E-state index contributed by atoms with van der Waals surface area (Å²) in [6, 6.07) is 0. The van der Waals surface area contributed by atoms with Crippen LogP contribution in [0.2, 0.25) is 5.02 Å². The molecule has 1 heterocycles. The summed E-state index contributed by atoms with van der Waals surface area (Å²) in [5, 5.41) is 3.26. The number of halogens is 1. The van der Waals surface area contributed by atoms with Crippen LogP contribution in [0.15, 0.2) is 27.9 Å². The molecule has 2 N–H and O–H groups in total. The average molecular weight is 272 g/mol. The van der Waals surface area contributed by atoms with Crippen molar-refractivity contribution < 1.29 is 0 Å². The standard InChI is InChI=1S/C12H18ClN3O2/c1-8(5-14-12(2,3)4)6-16-7-9(13)10(17)15-11(16)18/h7,14H,1,5-6H2,2-4H3,(H,15,17,18). The van der Waals surface area contributed by atoms with Gasteiger partial charge in [0.1, 0.15) is 5.02 Å². The summed E-state index contributed by atoms with van der Waals surface area (Å²) in [5.41, 5.74) is -0.246. The van der Waals surface area contributed by atoms with Gasteiger partial charge in [-0.1, -0.05) is 18.2 Å². The molecule has 0 fully saturated rings. The van der Waals surface area contributed by atoms with E-state index in [4.69, 9.17) is 11.6 Å². The molecule has 100 valence electrons. The zero-order chi connectivity index (χ0) is 13.9. The molecule has 0 amide bonds. The molecule has 0 aromatic carbocycles. The minimum atomic E-state index is -0.573. The van der Waals surface area contributed by atoms with E-state index in [1.807, 2.05) is 20.8 Å². The molecular weight excluding hydrogens is 254 g/mol. The van der Waals surface area contributed by atoms with Crippen LogP contribution < -0.4 is 16.6 Å². The molecular formula is C12H18ClN3O2. The van der Waals surface area contributed by atoms with Gasteiger partial charge in [0.2, 0.25) is 0 Å². The molecule has 5 nitrogen and oxygen atoms in total. The maximum Gasteiger partial charge on any atom is 0.328 e. The van der Waals surface area contributed by atoms with Gasteiger partial charge in [-0.05, 0) is 26.3 Å². The Morgan fingerprint density at radius 2 is 2.11 bits per heavy atom. The van der Waals surface area contributed by atoms with Gasteiger partial charge in [0.25, 0.3) is 5.56 Å². The molecule has 0 saturated heterocycles.